The zero-order valence-electron chi connectivity index (χ0n) is 4.24. The summed E-state index contributed by atoms with van der Waals surface area (Å²) in [6.45, 7) is 0. The molecule has 0 atom stereocenters. The van der Waals surface area contributed by atoms with E-state index < -0.39 is 0 Å². The summed E-state index contributed by atoms with van der Waals surface area (Å²) in [5, 5.41) is 0. The Morgan fingerprint density at radius 3 is 2.56 bits per heavy atom. The van der Waals surface area contributed by atoms with Crippen LogP contribution >= 0.6 is 61.1 Å². The third-order valence-corrected chi connectivity index (χ3v) is 3.63. The van der Waals surface area contributed by atoms with Crippen molar-refractivity contribution in [1.82, 2.24) is 4.98 Å². The van der Waals surface area contributed by atoms with Gasteiger partial charge in [-0.2, -0.15) is 0 Å². The Hall–Kier alpha value is 1.09. The van der Waals surface area contributed by atoms with Crippen molar-refractivity contribution in [1.29, 1.82) is 0 Å². The van der Waals surface area contributed by atoms with Crippen LogP contribution in [0.15, 0.2) is 16.7 Å². The van der Waals surface area contributed by atoms with Crippen molar-refractivity contribution in [3.8, 4) is 0 Å². The molecule has 1 rings (SSSR count). The van der Waals surface area contributed by atoms with Crippen LogP contribution in [0.4, 0.5) is 0 Å². The maximum Gasteiger partial charge on any atom is 0.102 e. The molecule has 1 aromatic heterocycles. The smallest absolute Gasteiger partial charge is 0.102 e. The fourth-order valence-corrected chi connectivity index (χ4v) is 2.09. The average Bonchev–Trinajstić information content (AvgIpc) is 1.80. The zero-order valence-corrected chi connectivity index (χ0v) is 10.1. The highest BCUT2D eigenvalue weighted by Gasteiger charge is 1.94. The third-order valence-electron chi connectivity index (χ3n) is 0.775. The number of nitrogens with zero attached hydrogens (tertiary/aromatic N) is 1. The van der Waals surface area contributed by atoms with Crippen LogP contribution < -0.4 is 0 Å². The molecule has 1 aromatic rings. The van der Waals surface area contributed by atoms with Gasteiger partial charge in [0.05, 0.1) is 0 Å². The van der Waals surface area contributed by atoms with E-state index in [2.05, 4.69) is 66.1 Å². The number of rotatable bonds is 0. The SMILES string of the molecule is Brc1cnc(I)cc1I. The van der Waals surface area contributed by atoms with E-state index in [1.54, 1.807) is 0 Å². The van der Waals surface area contributed by atoms with Crippen molar-refractivity contribution in [2.45, 2.75) is 0 Å². The fourth-order valence-electron chi connectivity index (χ4n) is 0.391. The van der Waals surface area contributed by atoms with Gasteiger partial charge in [-0.1, -0.05) is 0 Å². The third kappa shape index (κ3) is 2.30. The highest BCUT2D eigenvalue weighted by molar-refractivity contribution is 14.1. The summed E-state index contributed by atoms with van der Waals surface area (Å²) in [6, 6.07) is 2.02. The molecule has 1 nitrogen and oxygen atoms in total. The van der Waals surface area contributed by atoms with Crippen LogP contribution in [0.5, 0.6) is 0 Å². The molecule has 0 saturated carbocycles. The van der Waals surface area contributed by atoms with Crippen LogP contribution in [0, 0.1) is 7.27 Å². The van der Waals surface area contributed by atoms with Gasteiger partial charge in [0, 0.05) is 14.2 Å². The van der Waals surface area contributed by atoms with E-state index in [1.165, 1.54) is 3.57 Å². The Bertz CT molecular complexity index is 226. The lowest BCUT2D eigenvalue weighted by Gasteiger charge is -1.93. The molecule has 9 heavy (non-hydrogen) atoms. The normalized spacial score (nSPS) is 9.67. The Kier molecular flexibility index (Phi) is 3.16. The molecule has 0 spiro atoms. The minimum absolute atomic E-state index is 1.03. The summed E-state index contributed by atoms with van der Waals surface area (Å²) in [5.74, 6) is 0. The molecule has 0 aliphatic carbocycles. The zero-order chi connectivity index (χ0) is 6.85. The predicted molar refractivity (Wildman–Crippen MR) is 57.4 cm³/mol. The first kappa shape index (κ1) is 8.19. The minimum atomic E-state index is 1.03. The van der Waals surface area contributed by atoms with E-state index in [1.807, 2.05) is 12.3 Å². The molecule has 0 amide bonds. The van der Waals surface area contributed by atoms with E-state index in [0.717, 1.165) is 8.17 Å². The first-order valence-corrected chi connectivity index (χ1v) is 5.12. The maximum atomic E-state index is 4.07. The molecule has 0 aliphatic rings. The average molecular weight is 410 g/mol. The first-order valence-electron chi connectivity index (χ1n) is 2.16. The van der Waals surface area contributed by atoms with Gasteiger partial charge in [-0.05, 0) is 67.2 Å². The van der Waals surface area contributed by atoms with E-state index in [9.17, 15) is 0 Å². The predicted octanol–water partition coefficient (Wildman–Crippen LogP) is 3.05. The van der Waals surface area contributed by atoms with Crippen LogP contribution in [0.25, 0.3) is 0 Å². The molecule has 0 fully saturated rings. The quantitative estimate of drug-likeness (QED) is 0.474. The van der Waals surface area contributed by atoms with E-state index >= 15 is 0 Å². The molecular formula is C5H2BrI2N. The lowest BCUT2D eigenvalue weighted by Crippen LogP contribution is -1.81. The largest absolute Gasteiger partial charge is 0.249 e. The van der Waals surface area contributed by atoms with Gasteiger partial charge >= 0.3 is 0 Å². The topological polar surface area (TPSA) is 12.9 Å². The van der Waals surface area contributed by atoms with E-state index in [-0.39, 0.29) is 0 Å². The summed E-state index contributed by atoms with van der Waals surface area (Å²) in [7, 11) is 0. The molecule has 48 valence electrons. The molecule has 0 radical (unpaired) electrons. The Balaban J connectivity index is 3.17. The molecule has 0 unspecified atom stereocenters. The summed E-state index contributed by atoms with van der Waals surface area (Å²) < 4.78 is 3.29. The summed E-state index contributed by atoms with van der Waals surface area (Å²) >= 11 is 7.80. The van der Waals surface area contributed by atoms with E-state index in [0.29, 0.717) is 0 Å². The highest BCUT2D eigenvalue weighted by Crippen LogP contribution is 2.18. The molecule has 1 heterocycles. The monoisotopic (exact) mass is 409 g/mol. The van der Waals surface area contributed by atoms with Gasteiger partial charge in [-0.25, -0.2) is 4.98 Å². The Morgan fingerprint density at radius 1 is 1.44 bits per heavy atom. The van der Waals surface area contributed by atoms with Crippen LogP contribution in [0.3, 0.4) is 0 Å². The number of hydrogen-bond acceptors (Lipinski definition) is 1. The molecule has 0 aliphatic heterocycles. The standard InChI is InChI=1S/C5H2BrI2N/c6-3-2-9-5(8)1-4(3)7/h1-2H. The van der Waals surface area contributed by atoms with Crippen molar-refractivity contribution < 1.29 is 0 Å². The van der Waals surface area contributed by atoms with Gasteiger partial charge in [0.1, 0.15) is 3.70 Å². The van der Waals surface area contributed by atoms with Gasteiger partial charge in [-0.15, -0.1) is 0 Å². The number of hydrogen-bond donors (Lipinski definition) is 0. The summed E-state index contributed by atoms with van der Waals surface area (Å²) in [6.07, 6.45) is 1.81. The van der Waals surface area contributed by atoms with Gasteiger partial charge in [0.2, 0.25) is 0 Å². The summed E-state index contributed by atoms with van der Waals surface area (Å²) in [4.78, 5) is 4.07. The second-order valence-corrected chi connectivity index (χ2v) is 4.54. The molecule has 0 bridgehead atoms. The number of aromatic nitrogens is 1. The van der Waals surface area contributed by atoms with Gasteiger partial charge in [0.25, 0.3) is 0 Å². The lowest BCUT2D eigenvalue weighted by atomic mass is 10.5. The number of halogens is 3. The second-order valence-electron chi connectivity index (χ2n) is 1.42. The Morgan fingerprint density at radius 2 is 2.11 bits per heavy atom. The molecule has 0 aromatic carbocycles. The molecular weight excluding hydrogens is 408 g/mol. The highest BCUT2D eigenvalue weighted by atomic mass is 127. The number of pyridine rings is 1. The van der Waals surface area contributed by atoms with E-state index in [4.69, 9.17) is 0 Å². The molecule has 0 N–H and O–H groups in total. The van der Waals surface area contributed by atoms with Crippen molar-refractivity contribution in [3.63, 3.8) is 0 Å². The van der Waals surface area contributed by atoms with Gasteiger partial charge < -0.3 is 0 Å². The van der Waals surface area contributed by atoms with Crippen LogP contribution in [-0.4, -0.2) is 4.98 Å². The second kappa shape index (κ2) is 3.47. The van der Waals surface area contributed by atoms with Gasteiger partial charge in [-0.3, -0.25) is 0 Å². The van der Waals surface area contributed by atoms with Crippen molar-refractivity contribution in [2.75, 3.05) is 0 Å². The maximum absolute atomic E-state index is 4.07. The summed E-state index contributed by atoms with van der Waals surface area (Å²) in [5.41, 5.74) is 0. The minimum Gasteiger partial charge on any atom is -0.249 e. The van der Waals surface area contributed by atoms with Crippen LogP contribution in [0.2, 0.25) is 0 Å². The van der Waals surface area contributed by atoms with Crippen molar-refractivity contribution in [3.05, 3.63) is 24.0 Å². The van der Waals surface area contributed by atoms with Gasteiger partial charge in [0.15, 0.2) is 0 Å². The molecule has 0 saturated heterocycles. The lowest BCUT2D eigenvalue weighted by molar-refractivity contribution is 1.24. The fraction of sp³-hybridized carbons (Fsp3) is 0. The Labute approximate surface area is 89.0 Å². The van der Waals surface area contributed by atoms with Crippen LogP contribution in [-0.2, 0) is 0 Å². The molecule has 4 heteroatoms. The first-order chi connectivity index (χ1) is 4.20. The van der Waals surface area contributed by atoms with Crippen LogP contribution in [0.1, 0.15) is 0 Å². The van der Waals surface area contributed by atoms with Crippen molar-refractivity contribution in [2.24, 2.45) is 0 Å². The van der Waals surface area contributed by atoms with Crippen molar-refractivity contribution >= 4 is 61.1 Å².